The molecule has 1 aromatic heterocycles. The molecule has 0 saturated carbocycles. The standard InChI is InChI=1S/C19H17ClFN3O2S/c1-2-9-24-18(26)13-8-7-12(20)10-16(13)23-19(24)27-11-17(25)22-15-6-4-3-5-14(15)21/h3-8,10H,2,9,11H2,1H3,(H,22,25). The molecule has 1 amide bonds. The van der Waals surface area contributed by atoms with Crippen LogP contribution in [-0.2, 0) is 11.3 Å². The molecule has 0 saturated heterocycles. The minimum absolute atomic E-state index is 0.00341. The van der Waals surface area contributed by atoms with Gasteiger partial charge in [-0.15, -0.1) is 0 Å². The first kappa shape index (κ1) is 19.4. The van der Waals surface area contributed by atoms with E-state index in [9.17, 15) is 14.0 Å². The molecule has 0 bridgehead atoms. The van der Waals surface area contributed by atoms with Crippen LogP contribution in [0.3, 0.4) is 0 Å². The van der Waals surface area contributed by atoms with Crippen molar-refractivity contribution in [1.29, 1.82) is 0 Å². The van der Waals surface area contributed by atoms with Crippen LogP contribution in [0.15, 0.2) is 52.4 Å². The van der Waals surface area contributed by atoms with Crippen LogP contribution < -0.4 is 10.9 Å². The van der Waals surface area contributed by atoms with Crippen LogP contribution in [-0.4, -0.2) is 21.2 Å². The van der Waals surface area contributed by atoms with Crippen molar-refractivity contribution in [2.75, 3.05) is 11.1 Å². The van der Waals surface area contributed by atoms with Crippen LogP contribution in [0.25, 0.3) is 10.9 Å². The molecule has 140 valence electrons. The van der Waals surface area contributed by atoms with Gasteiger partial charge >= 0.3 is 0 Å². The molecule has 0 aliphatic carbocycles. The third kappa shape index (κ3) is 4.48. The molecule has 0 aliphatic heterocycles. The number of fused-ring (bicyclic) bond motifs is 1. The highest BCUT2D eigenvalue weighted by Crippen LogP contribution is 2.21. The van der Waals surface area contributed by atoms with Gasteiger partial charge in [-0.25, -0.2) is 9.37 Å². The van der Waals surface area contributed by atoms with E-state index in [1.165, 1.54) is 12.1 Å². The number of halogens is 2. The van der Waals surface area contributed by atoms with E-state index >= 15 is 0 Å². The van der Waals surface area contributed by atoms with Gasteiger partial charge in [0.05, 0.1) is 22.3 Å². The number of hydrogen-bond acceptors (Lipinski definition) is 4. The number of anilines is 1. The number of nitrogens with zero attached hydrogens (tertiary/aromatic N) is 2. The summed E-state index contributed by atoms with van der Waals surface area (Å²) in [6.45, 7) is 2.44. The van der Waals surface area contributed by atoms with Crippen LogP contribution in [0.4, 0.5) is 10.1 Å². The second-order valence-corrected chi connectivity index (χ2v) is 7.21. The highest BCUT2D eigenvalue weighted by atomic mass is 35.5. The summed E-state index contributed by atoms with van der Waals surface area (Å²) in [7, 11) is 0. The van der Waals surface area contributed by atoms with E-state index in [1.807, 2.05) is 6.92 Å². The smallest absolute Gasteiger partial charge is 0.262 e. The Labute approximate surface area is 164 Å². The summed E-state index contributed by atoms with van der Waals surface area (Å²) in [5.74, 6) is -0.887. The first-order chi connectivity index (χ1) is 13.0. The molecule has 0 atom stereocenters. The van der Waals surface area contributed by atoms with E-state index in [-0.39, 0.29) is 22.9 Å². The van der Waals surface area contributed by atoms with Crippen molar-refractivity contribution in [3.63, 3.8) is 0 Å². The molecule has 0 aliphatic rings. The summed E-state index contributed by atoms with van der Waals surface area (Å²) in [5.41, 5.74) is 0.430. The van der Waals surface area contributed by atoms with Gasteiger partial charge in [0.1, 0.15) is 5.82 Å². The van der Waals surface area contributed by atoms with Gasteiger partial charge in [-0.05, 0) is 36.8 Å². The van der Waals surface area contributed by atoms with Gasteiger partial charge < -0.3 is 5.32 Å². The number of carbonyl (C=O) groups is 1. The van der Waals surface area contributed by atoms with E-state index in [1.54, 1.807) is 34.9 Å². The largest absolute Gasteiger partial charge is 0.323 e. The van der Waals surface area contributed by atoms with Crippen molar-refractivity contribution in [3.8, 4) is 0 Å². The number of carbonyl (C=O) groups excluding carboxylic acids is 1. The number of para-hydroxylation sites is 1. The monoisotopic (exact) mass is 405 g/mol. The van der Waals surface area contributed by atoms with Gasteiger partial charge in [0.25, 0.3) is 5.56 Å². The molecule has 2 aromatic carbocycles. The number of hydrogen-bond donors (Lipinski definition) is 1. The Kier molecular flexibility index (Phi) is 6.13. The Balaban J connectivity index is 1.85. The number of thioether (sulfide) groups is 1. The van der Waals surface area contributed by atoms with E-state index in [0.29, 0.717) is 27.6 Å². The number of nitrogens with one attached hydrogen (secondary N) is 1. The lowest BCUT2D eigenvalue weighted by Gasteiger charge is -2.12. The van der Waals surface area contributed by atoms with Gasteiger partial charge in [-0.1, -0.05) is 42.4 Å². The van der Waals surface area contributed by atoms with E-state index < -0.39 is 5.82 Å². The fourth-order valence-corrected chi connectivity index (χ4v) is 3.58. The van der Waals surface area contributed by atoms with Crippen molar-refractivity contribution in [1.82, 2.24) is 9.55 Å². The molecule has 0 unspecified atom stereocenters. The summed E-state index contributed by atoms with van der Waals surface area (Å²) in [5, 5.41) is 3.91. The fraction of sp³-hybridized carbons (Fsp3) is 0.211. The van der Waals surface area contributed by atoms with Gasteiger partial charge in [0.2, 0.25) is 5.91 Å². The Hall–Kier alpha value is -2.38. The predicted octanol–water partition coefficient (Wildman–Crippen LogP) is 4.33. The highest BCUT2D eigenvalue weighted by molar-refractivity contribution is 7.99. The first-order valence-corrected chi connectivity index (χ1v) is 9.73. The Morgan fingerprint density at radius 3 is 2.81 bits per heavy atom. The molecule has 3 rings (SSSR count). The van der Waals surface area contributed by atoms with Crippen LogP contribution in [0.5, 0.6) is 0 Å². The quantitative estimate of drug-likeness (QED) is 0.489. The maximum absolute atomic E-state index is 13.7. The lowest BCUT2D eigenvalue weighted by atomic mass is 10.2. The highest BCUT2D eigenvalue weighted by Gasteiger charge is 2.14. The first-order valence-electron chi connectivity index (χ1n) is 8.37. The SMILES string of the molecule is CCCn1c(SCC(=O)Nc2ccccc2F)nc2cc(Cl)ccc2c1=O. The third-order valence-electron chi connectivity index (χ3n) is 3.81. The van der Waals surface area contributed by atoms with Crippen LogP contribution in [0.2, 0.25) is 5.02 Å². The number of benzene rings is 2. The Morgan fingerprint density at radius 1 is 1.30 bits per heavy atom. The zero-order valence-electron chi connectivity index (χ0n) is 14.5. The maximum Gasteiger partial charge on any atom is 0.262 e. The molecule has 0 radical (unpaired) electrons. The summed E-state index contributed by atoms with van der Waals surface area (Å²) in [4.78, 5) is 29.4. The van der Waals surface area contributed by atoms with Gasteiger partial charge in [-0.2, -0.15) is 0 Å². The molecule has 1 N–H and O–H groups in total. The topological polar surface area (TPSA) is 64.0 Å². The second-order valence-electron chi connectivity index (χ2n) is 5.83. The van der Waals surface area contributed by atoms with Gasteiger partial charge in [0.15, 0.2) is 5.16 Å². The Morgan fingerprint density at radius 2 is 2.07 bits per heavy atom. The van der Waals surface area contributed by atoms with Crippen LogP contribution in [0.1, 0.15) is 13.3 Å². The zero-order chi connectivity index (χ0) is 19.4. The molecule has 0 spiro atoms. The molecular weight excluding hydrogens is 389 g/mol. The molecule has 1 heterocycles. The van der Waals surface area contributed by atoms with Crippen molar-refractivity contribution >= 4 is 45.9 Å². The molecule has 27 heavy (non-hydrogen) atoms. The maximum atomic E-state index is 13.7. The molecule has 0 fully saturated rings. The van der Waals surface area contributed by atoms with Gasteiger partial charge in [-0.3, -0.25) is 14.2 Å². The van der Waals surface area contributed by atoms with Crippen molar-refractivity contribution in [3.05, 3.63) is 63.7 Å². The van der Waals surface area contributed by atoms with Crippen molar-refractivity contribution < 1.29 is 9.18 Å². The summed E-state index contributed by atoms with van der Waals surface area (Å²) in [6, 6.07) is 10.9. The number of amides is 1. The number of aromatic nitrogens is 2. The van der Waals surface area contributed by atoms with Crippen molar-refractivity contribution in [2.24, 2.45) is 0 Å². The average molecular weight is 406 g/mol. The van der Waals surface area contributed by atoms with E-state index in [2.05, 4.69) is 10.3 Å². The van der Waals surface area contributed by atoms with Crippen molar-refractivity contribution in [2.45, 2.75) is 25.0 Å². The molecule has 3 aromatic rings. The molecule has 5 nitrogen and oxygen atoms in total. The minimum atomic E-state index is -0.503. The van der Waals surface area contributed by atoms with Crippen LogP contribution in [0, 0.1) is 5.82 Å². The predicted molar refractivity (Wildman–Crippen MR) is 107 cm³/mol. The van der Waals surface area contributed by atoms with E-state index in [4.69, 9.17) is 11.6 Å². The van der Waals surface area contributed by atoms with Gasteiger partial charge in [0, 0.05) is 11.6 Å². The Bertz CT molecular complexity index is 1050. The zero-order valence-corrected chi connectivity index (χ0v) is 16.1. The average Bonchev–Trinajstić information content (AvgIpc) is 2.64. The summed E-state index contributed by atoms with van der Waals surface area (Å²) in [6.07, 6.45) is 0.746. The summed E-state index contributed by atoms with van der Waals surface area (Å²) < 4.78 is 15.2. The molecule has 8 heteroatoms. The van der Waals surface area contributed by atoms with Crippen LogP contribution >= 0.6 is 23.4 Å². The normalized spacial score (nSPS) is 10.9. The van der Waals surface area contributed by atoms with E-state index in [0.717, 1.165) is 18.2 Å². The second kappa shape index (κ2) is 8.54. The minimum Gasteiger partial charge on any atom is -0.323 e. The lowest BCUT2D eigenvalue weighted by molar-refractivity contribution is -0.113. The fourth-order valence-electron chi connectivity index (χ4n) is 2.58. The number of rotatable bonds is 6. The third-order valence-corrected chi connectivity index (χ3v) is 5.02. The lowest BCUT2D eigenvalue weighted by Crippen LogP contribution is -2.24. The molecular formula is C19H17ClFN3O2S. The summed E-state index contributed by atoms with van der Waals surface area (Å²) >= 11 is 7.13.